The molecule has 0 bridgehead atoms. The van der Waals surface area contributed by atoms with Crippen molar-refractivity contribution in [1.29, 1.82) is 0 Å². The zero-order chi connectivity index (χ0) is 19.9. The van der Waals surface area contributed by atoms with Gasteiger partial charge in [0, 0.05) is 12.2 Å². The average Bonchev–Trinajstić information content (AvgIpc) is 3.15. The number of carbonyl (C=O) groups excluding carboxylic acids is 1. The number of aryl methyl sites for hydroxylation is 1. The Morgan fingerprint density at radius 3 is 2.64 bits per heavy atom. The standard InChI is InChI=1S/C21H24N4OS2/c1-14(2)17-11-7-8-15(3)19(17)23-18(26)13-27-21-25-24-20(28-21)22-12-16-9-5-4-6-10-16/h4-11,14H,12-13H2,1-3H3,(H,22,24)(H,23,26). The van der Waals surface area contributed by atoms with Gasteiger partial charge in [-0.2, -0.15) is 0 Å². The van der Waals surface area contributed by atoms with Gasteiger partial charge in [-0.05, 0) is 29.5 Å². The molecular formula is C21H24N4OS2. The van der Waals surface area contributed by atoms with Gasteiger partial charge in [0.15, 0.2) is 4.34 Å². The first-order valence-corrected chi connectivity index (χ1v) is 11.0. The highest BCUT2D eigenvalue weighted by molar-refractivity contribution is 8.01. The van der Waals surface area contributed by atoms with Crippen LogP contribution in [0.15, 0.2) is 52.9 Å². The molecule has 0 aliphatic carbocycles. The predicted octanol–water partition coefficient (Wildman–Crippen LogP) is 5.31. The van der Waals surface area contributed by atoms with Gasteiger partial charge in [-0.25, -0.2) is 0 Å². The molecule has 1 amide bonds. The number of nitrogens with one attached hydrogen (secondary N) is 2. The van der Waals surface area contributed by atoms with E-state index in [1.165, 1.54) is 28.7 Å². The van der Waals surface area contributed by atoms with E-state index in [4.69, 9.17) is 0 Å². The fourth-order valence-electron chi connectivity index (χ4n) is 2.76. The third kappa shape index (κ3) is 5.56. The Morgan fingerprint density at radius 2 is 1.89 bits per heavy atom. The van der Waals surface area contributed by atoms with Crippen molar-refractivity contribution in [3.05, 3.63) is 65.2 Å². The monoisotopic (exact) mass is 412 g/mol. The molecule has 0 radical (unpaired) electrons. The fourth-order valence-corrected chi connectivity index (χ4v) is 4.31. The van der Waals surface area contributed by atoms with Crippen LogP contribution in [0.4, 0.5) is 10.8 Å². The van der Waals surface area contributed by atoms with Gasteiger partial charge in [0.1, 0.15) is 0 Å². The molecule has 3 rings (SSSR count). The Morgan fingerprint density at radius 1 is 1.11 bits per heavy atom. The summed E-state index contributed by atoms with van der Waals surface area (Å²) in [5, 5.41) is 15.4. The first kappa shape index (κ1) is 20.4. The number of aromatic nitrogens is 2. The third-order valence-electron chi connectivity index (χ3n) is 4.21. The van der Waals surface area contributed by atoms with Gasteiger partial charge in [0.25, 0.3) is 0 Å². The lowest BCUT2D eigenvalue weighted by Crippen LogP contribution is -2.16. The lowest BCUT2D eigenvalue weighted by Gasteiger charge is -2.16. The lowest BCUT2D eigenvalue weighted by atomic mass is 9.98. The highest BCUT2D eigenvalue weighted by atomic mass is 32.2. The van der Waals surface area contributed by atoms with E-state index in [9.17, 15) is 4.79 Å². The van der Waals surface area contributed by atoms with Crippen LogP contribution in [-0.4, -0.2) is 21.9 Å². The SMILES string of the molecule is Cc1cccc(C(C)C)c1NC(=O)CSc1nnc(NCc2ccccc2)s1. The number of rotatable bonds is 8. The van der Waals surface area contributed by atoms with Crippen molar-refractivity contribution in [2.45, 2.75) is 37.6 Å². The van der Waals surface area contributed by atoms with Crippen molar-refractivity contribution in [2.75, 3.05) is 16.4 Å². The molecule has 1 heterocycles. The minimum absolute atomic E-state index is 0.0322. The Balaban J connectivity index is 1.52. The van der Waals surface area contributed by atoms with Crippen LogP contribution in [0.5, 0.6) is 0 Å². The predicted molar refractivity (Wildman–Crippen MR) is 118 cm³/mol. The van der Waals surface area contributed by atoms with E-state index in [0.717, 1.165) is 26.3 Å². The molecule has 2 aromatic carbocycles. The van der Waals surface area contributed by atoms with E-state index in [1.54, 1.807) is 0 Å². The van der Waals surface area contributed by atoms with Crippen molar-refractivity contribution in [1.82, 2.24) is 10.2 Å². The van der Waals surface area contributed by atoms with Gasteiger partial charge in [-0.15, -0.1) is 10.2 Å². The summed E-state index contributed by atoms with van der Waals surface area (Å²) in [5.74, 6) is 0.624. The zero-order valence-electron chi connectivity index (χ0n) is 16.2. The summed E-state index contributed by atoms with van der Waals surface area (Å²) in [7, 11) is 0. The number of benzene rings is 2. The van der Waals surface area contributed by atoms with Gasteiger partial charge >= 0.3 is 0 Å². The number of amides is 1. The summed E-state index contributed by atoms with van der Waals surface area (Å²) in [6, 6.07) is 16.2. The van der Waals surface area contributed by atoms with Crippen molar-refractivity contribution < 1.29 is 4.79 Å². The first-order valence-electron chi connectivity index (χ1n) is 9.16. The second-order valence-corrected chi connectivity index (χ2v) is 8.94. The highest BCUT2D eigenvalue weighted by Crippen LogP contribution is 2.29. The molecule has 2 N–H and O–H groups in total. The van der Waals surface area contributed by atoms with E-state index < -0.39 is 0 Å². The summed E-state index contributed by atoms with van der Waals surface area (Å²) in [6.07, 6.45) is 0. The van der Waals surface area contributed by atoms with Gasteiger partial charge in [0.05, 0.1) is 5.75 Å². The van der Waals surface area contributed by atoms with Gasteiger partial charge in [0.2, 0.25) is 11.0 Å². The Kier molecular flexibility index (Phi) is 7.06. The number of hydrogen-bond acceptors (Lipinski definition) is 6. The van der Waals surface area contributed by atoms with Crippen LogP contribution < -0.4 is 10.6 Å². The molecule has 0 saturated heterocycles. The van der Waals surface area contributed by atoms with Crippen LogP contribution in [0, 0.1) is 6.92 Å². The van der Waals surface area contributed by atoms with E-state index in [2.05, 4.69) is 52.9 Å². The smallest absolute Gasteiger partial charge is 0.234 e. The maximum atomic E-state index is 12.4. The quantitative estimate of drug-likeness (QED) is 0.491. The summed E-state index contributed by atoms with van der Waals surface area (Å²) >= 11 is 2.86. The van der Waals surface area contributed by atoms with Crippen LogP contribution in [0.25, 0.3) is 0 Å². The van der Waals surface area contributed by atoms with E-state index in [0.29, 0.717) is 18.2 Å². The van der Waals surface area contributed by atoms with Crippen LogP contribution >= 0.6 is 23.1 Å². The number of carbonyl (C=O) groups is 1. The molecule has 0 unspecified atom stereocenters. The number of anilines is 2. The number of nitrogens with zero attached hydrogens (tertiary/aromatic N) is 2. The second kappa shape index (κ2) is 9.71. The van der Waals surface area contributed by atoms with Crippen LogP contribution in [-0.2, 0) is 11.3 Å². The molecule has 146 valence electrons. The Hall–Kier alpha value is -2.38. The van der Waals surface area contributed by atoms with Gasteiger partial charge < -0.3 is 10.6 Å². The minimum atomic E-state index is -0.0322. The summed E-state index contributed by atoms with van der Waals surface area (Å²) in [5.41, 5.74) is 4.34. The van der Waals surface area contributed by atoms with Crippen molar-refractivity contribution >= 4 is 39.8 Å². The third-order valence-corrected chi connectivity index (χ3v) is 6.23. The maximum absolute atomic E-state index is 12.4. The van der Waals surface area contributed by atoms with E-state index in [-0.39, 0.29) is 5.91 Å². The summed E-state index contributed by atoms with van der Waals surface area (Å²) in [4.78, 5) is 12.4. The van der Waals surface area contributed by atoms with Crippen molar-refractivity contribution in [2.24, 2.45) is 0 Å². The van der Waals surface area contributed by atoms with Crippen LogP contribution in [0.1, 0.15) is 36.5 Å². The minimum Gasteiger partial charge on any atom is -0.356 e. The molecule has 0 aliphatic heterocycles. The van der Waals surface area contributed by atoms with Crippen LogP contribution in [0.2, 0.25) is 0 Å². The summed E-state index contributed by atoms with van der Waals surface area (Å²) < 4.78 is 0.777. The fraction of sp³-hybridized carbons (Fsp3) is 0.286. The molecule has 0 aliphatic rings. The zero-order valence-corrected chi connectivity index (χ0v) is 17.9. The van der Waals surface area contributed by atoms with Crippen molar-refractivity contribution in [3.63, 3.8) is 0 Å². The normalized spacial score (nSPS) is 10.9. The molecule has 5 nitrogen and oxygen atoms in total. The molecule has 7 heteroatoms. The van der Waals surface area contributed by atoms with E-state index >= 15 is 0 Å². The molecule has 1 aromatic heterocycles. The topological polar surface area (TPSA) is 66.9 Å². The average molecular weight is 413 g/mol. The van der Waals surface area contributed by atoms with Crippen molar-refractivity contribution in [3.8, 4) is 0 Å². The van der Waals surface area contributed by atoms with Gasteiger partial charge in [-0.1, -0.05) is 85.5 Å². The first-order chi connectivity index (χ1) is 13.5. The largest absolute Gasteiger partial charge is 0.356 e. The Bertz CT molecular complexity index is 925. The van der Waals surface area contributed by atoms with Crippen LogP contribution in [0.3, 0.4) is 0 Å². The Labute approximate surface area is 174 Å². The lowest BCUT2D eigenvalue weighted by molar-refractivity contribution is -0.113. The molecule has 3 aromatic rings. The molecular weight excluding hydrogens is 388 g/mol. The maximum Gasteiger partial charge on any atom is 0.234 e. The molecule has 0 atom stereocenters. The summed E-state index contributed by atoms with van der Waals surface area (Å²) in [6.45, 7) is 6.98. The molecule has 28 heavy (non-hydrogen) atoms. The molecule has 0 fully saturated rings. The highest BCUT2D eigenvalue weighted by Gasteiger charge is 2.13. The number of para-hydroxylation sites is 1. The van der Waals surface area contributed by atoms with E-state index in [1.807, 2.05) is 37.3 Å². The molecule has 0 saturated carbocycles. The second-order valence-electron chi connectivity index (χ2n) is 6.74. The number of hydrogen-bond donors (Lipinski definition) is 2. The van der Waals surface area contributed by atoms with Gasteiger partial charge in [-0.3, -0.25) is 4.79 Å². The molecule has 0 spiro atoms. The number of thioether (sulfide) groups is 1.